The highest BCUT2D eigenvalue weighted by Gasteiger charge is 2.25. The van der Waals surface area contributed by atoms with Gasteiger partial charge in [0.05, 0.1) is 17.7 Å². The van der Waals surface area contributed by atoms with E-state index in [4.69, 9.17) is 4.74 Å². The number of anilines is 2. The summed E-state index contributed by atoms with van der Waals surface area (Å²) in [4.78, 5) is 12.7. The van der Waals surface area contributed by atoms with Crippen LogP contribution in [-0.4, -0.2) is 35.1 Å². The highest BCUT2D eigenvalue weighted by atomic mass is 32.2. The molecule has 0 aliphatic heterocycles. The van der Waals surface area contributed by atoms with Gasteiger partial charge < -0.3 is 14.8 Å². The van der Waals surface area contributed by atoms with E-state index in [0.29, 0.717) is 22.7 Å². The highest BCUT2D eigenvalue weighted by Crippen LogP contribution is 2.31. The fourth-order valence-corrected chi connectivity index (χ4v) is 4.33. The third kappa shape index (κ3) is 5.40. The minimum Gasteiger partial charge on any atom is -0.495 e. The van der Waals surface area contributed by atoms with Gasteiger partial charge >= 0.3 is 6.61 Å². The first-order chi connectivity index (χ1) is 15.6. The van der Waals surface area contributed by atoms with Gasteiger partial charge in [0.1, 0.15) is 11.5 Å². The van der Waals surface area contributed by atoms with Gasteiger partial charge in [-0.1, -0.05) is 18.2 Å². The van der Waals surface area contributed by atoms with Gasteiger partial charge in [0, 0.05) is 18.3 Å². The van der Waals surface area contributed by atoms with E-state index >= 15 is 0 Å². The molecule has 3 aromatic rings. The standard InChI is InChI=1S/C23H22F2N2O5S/c1-15-8-13-18(33(29,30)27(2)20-6-4-5-7-21(20)31-3)14-19(15)22(28)26-16-9-11-17(12-10-16)32-23(24)25/h4-14,23H,1-3H3,(H,26,28). The Balaban J connectivity index is 1.87. The van der Waals surface area contributed by atoms with Gasteiger partial charge in [-0.25, -0.2) is 8.42 Å². The average molecular weight is 477 g/mol. The summed E-state index contributed by atoms with van der Waals surface area (Å²) in [7, 11) is -1.16. The van der Waals surface area contributed by atoms with Gasteiger partial charge in [0.2, 0.25) is 0 Å². The number of rotatable bonds is 8. The second kappa shape index (κ2) is 9.86. The first-order valence-electron chi connectivity index (χ1n) is 9.72. The van der Waals surface area contributed by atoms with Crippen molar-refractivity contribution in [3.05, 3.63) is 77.9 Å². The molecule has 10 heteroatoms. The average Bonchev–Trinajstić information content (AvgIpc) is 2.79. The Kier molecular flexibility index (Phi) is 7.17. The Morgan fingerprint density at radius 2 is 1.70 bits per heavy atom. The Labute approximate surface area is 190 Å². The summed E-state index contributed by atoms with van der Waals surface area (Å²) in [5.41, 5.74) is 1.39. The van der Waals surface area contributed by atoms with Crippen molar-refractivity contribution < 1.29 is 31.5 Å². The van der Waals surface area contributed by atoms with Gasteiger partial charge in [-0.15, -0.1) is 0 Å². The van der Waals surface area contributed by atoms with Crippen LogP contribution in [0.2, 0.25) is 0 Å². The molecule has 0 fully saturated rings. The maximum Gasteiger partial charge on any atom is 0.387 e. The van der Waals surface area contributed by atoms with Crippen LogP contribution in [0, 0.1) is 6.92 Å². The van der Waals surface area contributed by atoms with Crippen molar-refractivity contribution in [1.82, 2.24) is 0 Å². The molecular weight excluding hydrogens is 454 g/mol. The molecule has 0 aliphatic carbocycles. The number of sulfonamides is 1. The van der Waals surface area contributed by atoms with Gasteiger partial charge in [0.15, 0.2) is 0 Å². The van der Waals surface area contributed by atoms with E-state index < -0.39 is 22.5 Å². The Bertz CT molecular complexity index is 1250. The van der Waals surface area contributed by atoms with Crippen LogP contribution < -0.4 is 19.1 Å². The number of alkyl halides is 2. The molecule has 1 amide bonds. The molecule has 7 nitrogen and oxygen atoms in total. The van der Waals surface area contributed by atoms with Crippen LogP contribution in [0.4, 0.5) is 20.2 Å². The molecule has 3 aromatic carbocycles. The zero-order valence-corrected chi connectivity index (χ0v) is 18.9. The predicted octanol–water partition coefficient (Wildman–Crippen LogP) is 4.68. The molecule has 0 spiro atoms. The fraction of sp³-hybridized carbons (Fsp3) is 0.174. The van der Waals surface area contributed by atoms with Crippen molar-refractivity contribution in [3.8, 4) is 11.5 Å². The molecule has 0 heterocycles. The normalized spacial score (nSPS) is 11.2. The number of ether oxygens (including phenoxy) is 2. The molecule has 33 heavy (non-hydrogen) atoms. The number of aryl methyl sites for hydroxylation is 1. The molecule has 0 aromatic heterocycles. The minimum absolute atomic E-state index is 0.0494. The number of halogens is 2. The van der Waals surface area contributed by atoms with E-state index in [1.54, 1.807) is 31.2 Å². The Morgan fingerprint density at radius 1 is 1.03 bits per heavy atom. The van der Waals surface area contributed by atoms with Crippen LogP contribution in [0.25, 0.3) is 0 Å². The van der Waals surface area contributed by atoms with Crippen molar-refractivity contribution in [1.29, 1.82) is 0 Å². The summed E-state index contributed by atoms with van der Waals surface area (Å²) in [6.45, 7) is -1.28. The molecular formula is C23H22F2N2O5S. The van der Waals surface area contributed by atoms with Crippen molar-refractivity contribution in [2.45, 2.75) is 18.4 Å². The fourth-order valence-electron chi connectivity index (χ4n) is 3.10. The number of hydrogen-bond acceptors (Lipinski definition) is 5. The number of methoxy groups -OCH3 is 1. The van der Waals surface area contributed by atoms with E-state index in [-0.39, 0.29) is 16.2 Å². The molecule has 3 rings (SSSR count). The summed E-state index contributed by atoms with van der Waals surface area (Å²) >= 11 is 0. The van der Waals surface area contributed by atoms with Crippen LogP contribution in [0.3, 0.4) is 0 Å². The second-order valence-electron chi connectivity index (χ2n) is 6.98. The number of para-hydroxylation sites is 2. The van der Waals surface area contributed by atoms with Crippen LogP contribution in [0.15, 0.2) is 71.6 Å². The van der Waals surface area contributed by atoms with Crippen LogP contribution in [0.1, 0.15) is 15.9 Å². The molecule has 0 saturated carbocycles. The second-order valence-corrected chi connectivity index (χ2v) is 8.95. The molecule has 0 unspecified atom stereocenters. The zero-order valence-electron chi connectivity index (χ0n) is 18.1. The quantitative estimate of drug-likeness (QED) is 0.510. The van der Waals surface area contributed by atoms with Gasteiger partial charge in [-0.05, 0) is 61.0 Å². The van der Waals surface area contributed by atoms with Gasteiger partial charge in [0.25, 0.3) is 15.9 Å². The van der Waals surface area contributed by atoms with E-state index in [1.165, 1.54) is 56.6 Å². The lowest BCUT2D eigenvalue weighted by Gasteiger charge is -2.22. The number of carbonyl (C=O) groups is 1. The molecule has 174 valence electrons. The monoisotopic (exact) mass is 476 g/mol. The number of benzene rings is 3. The van der Waals surface area contributed by atoms with Crippen molar-refractivity contribution in [2.24, 2.45) is 0 Å². The Morgan fingerprint density at radius 3 is 2.33 bits per heavy atom. The predicted molar refractivity (Wildman–Crippen MR) is 121 cm³/mol. The molecule has 0 radical (unpaired) electrons. The van der Waals surface area contributed by atoms with E-state index in [9.17, 15) is 22.0 Å². The zero-order chi connectivity index (χ0) is 24.2. The van der Waals surface area contributed by atoms with E-state index in [1.807, 2.05) is 0 Å². The maximum absolute atomic E-state index is 13.2. The lowest BCUT2D eigenvalue weighted by molar-refractivity contribution is -0.0498. The van der Waals surface area contributed by atoms with Gasteiger partial charge in [-0.3, -0.25) is 9.10 Å². The summed E-state index contributed by atoms with van der Waals surface area (Å²) in [5, 5.41) is 2.63. The lowest BCUT2D eigenvalue weighted by Crippen LogP contribution is -2.27. The summed E-state index contributed by atoms with van der Waals surface area (Å²) in [5.74, 6) is -0.216. The lowest BCUT2D eigenvalue weighted by atomic mass is 10.1. The number of nitrogens with one attached hydrogen (secondary N) is 1. The third-order valence-corrected chi connectivity index (χ3v) is 6.64. The van der Waals surface area contributed by atoms with Crippen LogP contribution >= 0.6 is 0 Å². The minimum atomic E-state index is -4.00. The third-order valence-electron chi connectivity index (χ3n) is 4.87. The summed E-state index contributed by atoms with van der Waals surface area (Å²) in [6.07, 6.45) is 0. The van der Waals surface area contributed by atoms with Crippen molar-refractivity contribution in [2.75, 3.05) is 23.8 Å². The molecule has 1 N–H and O–H groups in total. The largest absolute Gasteiger partial charge is 0.495 e. The number of nitrogens with zero attached hydrogens (tertiary/aromatic N) is 1. The van der Waals surface area contributed by atoms with Crippen LogP contribution in [0.5, 0.6) is 11.5 Å². The van der Waals surface area contributed by atoms with Crippen molar-refractivity contribution >= 4 is 27.3 Å². The number of hydrogen-bond donors (Lipinski definition) is 1. The Hall–Kier alpha value is -3.66. The molecule has 0 aliphatic rings. The highest BCUT2D eigenvalue weighted by molar-refractivity contribution is 7.92. The van der Waals surface area contributed by atoms with E-state index in [2.05, 4.69) is 10.1 Å². The maximum atomic E-state index is 13.2. The molecule has 0 atom stereocenters. The first-order valence-corrected chi connectivity index (χ1v) is 11.2. The van der Waals surface area contributed by atoms with Crippen LogP contribution in [-0.2, 0) is 10.0 Å². The summed E-state index contributed by atoms with van der Waals surface area (Å²) < 4.78 is 61.7. The SMILES string of the molecule is COc1ccccc1N(C)S(=O)(=O)c1ccc(C)c(C(=O)Nc2ccc(OC(F)F)cc2)c1. The molecule has 0 saturated heterocycles. The topological polar surface area (TPSA) is 84.9 Å². The number of amides is 1. The van der Waals surface area contributed by atoms with Crippen molar-refractivity contribution in [3.63, 3.8) is 0 Å². The number of carbonyl (C=O) groups excluding carboxylic acids is 1. The smallest absolute Gasteiger partial charge is 0.387 e. The van der Waals surface area contributed by atoms with Gasteiger partial charge in [-0.2, -0.15) is 8.78 Å². The van der Waals surface area contributed by atoms with E-state index in [0.717, 1.165) is 4.31 Å². The molecule has 0 bridgehead atoms. The first kappa shape index (κ1) is 24.0. The summed E-state index contributed by atoms with van der Waals surface area (Å²) in [6, 6.07) is 16.3.